The van der Waals surface area contributed by atoms with E-state index in [0.29, 0.717) is 18.5 Å². The van der Waals surface area contributed by atoms with Gasteiger partial charge < -0.3 is 4.90 Å². The van der Waals surface area contributed by atoms with Crippen LogP contribution in [0.2, 0.25) is 0 Å². The van der Waals surface area contributed by atoms with Crippen LogP contribution in [0.4, 0.5) is 4.79 Å². The topological polar surface area (TPSA) is 69.7 Å². The number of carbonyl (C=O) groups is 3. The Morgan fingerprint density at radius 3 is 2.21 bits per heavy atom. The molecule has 0 spiro atoms. The van der Waals surface area contributed by atoms with Crippen molar-refractivity contribution in [3.8, 4) is 0 Å². The summed E-state index contributed by atoms with van der Waals surface area (Å²) in [5.41, 5.74) is -0.714. The lowest BCUT2D eigenvalue weighted by Gasteiger charge is -2.39. The summed E-state index contributed by atoms with van der Waals surface area (Å²) >= 11 is 0. The van der Waals surface area contributed by atoms with Crippen molar-refractivity contribution >= 4 is 17.8 Å². The lowest BCUT2D eigenvalue weighted by molar-refractivity contribution is -0.145. The Morgan fingerprint density at radius 1 is 1.04 bits per heavy atom. The molecule has 1 saturated heterocycles. The van der Waals surface area contributed by atoms with Crippen molar-refractivity contribution in [1.82, 2.24) is 15.1 Å². The number of nitrogens with one attached hydrogen (secondary N) is 1. The second-order valence-electron chi connectivity index (χ2n) is 5.87. The molecule has 1 N–H and O–H groups in total. The van der Waals surface area contributed by atoms with Crippen molar-refractivity contribution in [2.24, 2.45) is 0 Å². The number of nitrogens with zero attached hydrogens (tertiary/aromatic N) is 2. The maximum atomic E-state index is 13.1. The lowest BCUT2D eigenvalue weighted by atomic mass is 9.75. The third-order valence-corrected chi connectivity index (χ3v) is 4.79. The molecule has 1 fully saturated rings. The number of benzene rings is 1. The second-order valence-corrected chi connectivity index (χ2v) is 5.87. The van der Waals surface area contributed by atoms with Gasteiger partial charge in [-0.05, 0) is 25.1 Å². The highest BCUT2D eigenvalue weighted by molar-refractivity contribution is 6.22. The van der Waals surface area contributed by atoms with Gasteiger partial charge >= 0.3 is 6.03 Å². The summed E-state index contributed by atoms with van der Waals surface area (Å²) in [4.78, 5) is 41.2. The van der Waals surface area contributed by atoms with E-state index in [9.17, 15) is 14.4 Å². The summed E-state index contributed by atoms with van der Waals surface area (Å²) < 4.78 is 0. The van der Waals surface area contributed by atoms with Crippen molar-refractivity contribution in [1.29, 1.82) is 0 Å². The first-order chi connectivity index (χ1) is 11.5. The van der Waals surface area contributed by atoms with Gasteiger partial charge in [-0.1, -0.05) is 51.1 Å². The molecule has 0 aliphatic carbocycles. The predicted octanol–water partition coefficient (Wildman–Crippen LogP) is 1.75. The molecule has 2 rings (SSSR count). The standard InChI is InChI=1S/C18H25N3O3/c1-4-18(14-10-8-7-9-11-14)15(22)19-17(24)21(16(18)23)13-12-20(5-2)6-3/h7-11H,4-6,12-13H2,1-3H3,(H,19,22,24)/t18-/m1/s1. The number of imide groups is 2. The van der Waals surface area contributed by atoms with Gasteiger partial charge in [0.1, 0.15) is 0 Å². The third-order valence-electron chi connectivity index (χ3n) is 4.79. The molecule has 0 bridgehead atoms. The molecule has 0 unspecified atom stereocenters. The van der Waals surface area contributed by atoms with Gasteiger partial charge in [-0.3, -0.25) is 19.8 Å². The number of hydrogen-bond donors (Lipinski definition) is 1. The largest absolute Gasteiger partial charge is 0.330 e. The molecule has 1 aromatic rings. The van der Waals surface area contributed by atoms with E-state index in [2.05, 4.69) is 10.2 Å². The predicted molar refractivity (Wildman–Crippen MR) is 91.5 cm³/mol. The number of amides is 4. The zero-order valence-electron chi connectivity index (χ0n) is 14.5. The first-order valence-electron chi connectivity index (χ1n) is 8.46. The lowest BCUT2D eigenvalue weighted by Crippen LogP contribution is -2.66. The van der Waals surface area contributed by atoms with Gasteiger partial charge in [0.2, 0.25) is 5.91 Å². The number of rotatable bonds is 7. The fraction of sp³-hybridized carbons (Fsp3) is 0.500. The van der Waals surface area contributed by atoms with Crippen LogP contribution in [0.1, 0.15) is 32.8 Å². The first kappa shape index (κ1) is 18.1. The number of barbiturate groups is 1. The van der Waals surface area contributed by atoms with Crippen LogP contribution < -0.4 is 5.32 Å². The van der Waals surface area contributed by atoms with E-state index in [4.69, 9.17) is 0 Å². The Balaban J connectivity index is 2.33. The highest BCUT2D eigenvalue weighted by atomic mass is 16.2. The third kappa shape index (κ3) is 3.06. The quantitative estimate of drug-likeness (QED) is 0.773. The molecule has 130 valence electrons. The van der Waals surface area contributed by atoms with E-state index in [0.717, 1.165) is 13.1 Å². The van der Waals surface area contributed by atoms with E-state index in [1.54, 1.807) is 31.2 Å². The molecule has 6 heteroatoms. The zero-order valence-corrected chi connectivity index (χ0v) is 14.5. The monoisotopic (exact) mass is 331 g/mol. The molecular weight excluding hydrogens is 306 g/mol. The second kappa shape index (κ2) is 7.57. The molecular formula is C18H25N3O3. The fourth-order valence-electron chi connectivity index (χ4n) is 3.17. The molecule has 1 heterocycles. The van der Waals surface area contributed by atoms with Crippen molar-refractivity contribution < 1.29 is 14.4 Å². The van der Waals surface area contributed by atoms with Gasteiger partial charge in [0.15, 0.2) is 5.41 Å². The molecule has 0 radical (unpaired) electrons. The number of hydrogen-bond acceptors (Lipinski definition) is 4. The first-order valence-corrected chi connectivity index (χ1v) is 8.46. The fourth-order valence-corrected chi connectivity index (χ4v) is 3.17. The van der Waals surface area contributed by atoms with Gasteiger partial charge in [-0.15, -0.1) is 0 Å². The average molecular weight is 331 g/mol. The Morgan fingerprint density at radius 2 is 1.67 bits per heavy atom. The maximum absolute atomic E-state index is 13.1. The van der Waals surface area contributed by atoms with Gasteiger partial charge in [0, 0.05) is 13.1 Å². The molecule has 1 aliphatic heterocycles. The molecule has 1 atom stereocenters. The van der Waals surface area contributed by atoms with Gasteiger partial charge in [0.05, 0.1) is 0 Å². The van der Waals surface area contributed by atoms with Crippen LogP contribution in [-0.4, -0.2) is 53.8 Å². The van der Waals surface area contributed by atoms with E-state index >= 15 is 0 Å². The Bertz CT molecular complexity index is 613. The number of urea groups is 1. The summed E-state index contributed by atoms with van der Waals surface area (Å²) in [5.74, 6) is -0.970. The maximum Gasteiger partial charge on any atom is 0.330 e. The molecule has 1 aromatic carbocycles. The summed E-state index contributed by atoms with van der Waals surface area (Å²) in [6.45, 7) is 8.41. The van der Waals surface area contributed by atoms with Crippen molar-refractivity contribution in [3.63, 3.8) is 0 Å². The number of likely N-dealkylation sites (N-methyl/N-ethyl adjacent to an activating group) is 1. The van der Waals surface area contributed by atoms with Crippen LogP contribution in [0.3, 0.4) is 0 Å². The average Bonchev–Trinajstić information content (AvgIpc) is 2.59. The van der Waals surface area contributed by atoms with Crippen LogP contribution in [0.15, 0.2) is 30.3 Å². The normalized spacial score (nSPS) is 21.3. The van der Waals surface area contributed by atoms with Crippen LogP contribution in [0, 0.1) is 0 Å². The molecule has 4 amide bonds. The van der Waals surface area contributed by atoms with E-state index in [1.807, 2.05) is 19.9 Å². The van der Waals surface area contributed by atoms with Crippen LogP contribution >= 0.6 is 0 Å². The summed E-state index contributed by atoms with van der Waals surface area (Å²) in [7, 11) is 0. The van der Waals surface area contributed by atoms with Gasteiger partial charge in [0.25, 0.3) is 5.91 Å². The summed E-state index contributed by atoms with van der Waals surface area (Å²) in [6.07, 6.45) is 0.302. The minimum absolute atomic E-state index is 0.272. The van der Waals surface area contributed by atoms with Crippen LogP contribution in [0.5, 0.6) is 0 Å². The van der Waals surface area contributed by atoms with Gasteiger partial charge in [-0.2, -0.15) is 0 Å². The summed E-state index contributed by atoms with van der Waals surface area (Å²) in [5, 5.41) is 2.37. The zero-order chi connectivity index (χ0) is 17.7. The van der Waals surface area contributed by atoms with Crippen molar-refractivity contribution in [2.75, 3.05) is 26.2 Å². The van der Waals surface area contributed by atoms with Crippen LogP contribution in [-0.2, 0) is 15.0 Å². The SMILES string of the molecule is CCN(CC)CCN1C(=O)NC(=O)[C@@](CC)(c2ccccc2)C1=O. The van der Waals surface area contributed by atoms with Crippen molar-refractivity contribution in [2.45, 2.75) is 32.6 Å². The highest BCUT2D eigenvalue weighted by Crippen LogP contribution is 2.33. The molecule has 6 nitrogen and oxygen atoms in total. The molecule has 0 aromatic heterocycles. The van der Waals surface area contributed by atoms with Crippen molar-refractivity contribution in [3.05, 3.63) is 35.9 Å². The van der Waals surface area contributed by atoms with E-state index in [1.165, 1.54) is 4.90 Å². The Labute approximate surface area is 142 Å². The van der Waals surface area contributed by atoms with E-state index in [-0.39, 0.29) is 6.54 Å². The molecule has 1 aliphatic rings. The molecule has 24 heavy (non-hydrogen) atoms. The Hall–Kier alpha value is -2.21. The highest BCUT2D eigenvalue weighted by Gasteiger charge is 2.53. The number of carbonyl (C=O) groups excluding carboxylic acids is 3. The molecule has 0 saturated carbocycles. The Kier molecular flexibility index (Phi) is 5.72. The minimum Gasteiger partial charge on any atom is -0.302 e. The smallest absolute Gasteiger partial charge is 0.302 e. The summed E-state index contributed by atoms with van der Waals surface area (Å²) in [6, 6.07) is 8.32. The minimum atomic E-state index is -1.33. The van der Waals surface area contributed by atoms with Crippen LogP contribution in [0.25, 0.3) is 0 Å². The van der Waals surface area contributed by atoms with E-state index < -0.39 is 23.3 Å². The van der Waals surface area contributed by atoms with Gasteiger partial charge in [-0.25, -0.2) is 4.79 Å².